The number of aliphatic hydroxyl groups excluding tert-OH is 2. The topological polar surface area (TPSA) is 99.1 Å². The molecule has 0 saturated carbocycles. The minimum Gasteiger partial charge on any atom is -0.756 e. The van der Waals surface area contributed by atoms with E-state index in [0.29, 0.717) is 17.6 Å². The largest absolute Gasteiger partial charge is 0.756 e. The van der Waals surface area contributed by atoms with Gasteiger partial charge in [0.1, 0.15) is 13.1 Å². The predicted molar refractivity (Wildman–Crippen MR) is 57.6 cm³/mol. The molecule has 0 spiro atoms. The molecule has 0 radical (unpaired) electrons. The molecule has 0 amide bonds. The molecule has 0 fully saturated rings. The van der Waals surface area contributed by atoms with Crippen molar-refractivity contribution >= 4 is 7.82 Å². The Kier molecular flexibility index (Phi) is 10.4. The first-order valence-electron chi connectivity index (χ1n) is 4.71. The van der Waals surface area contributed by atoms with Gasteiger partial charge in [-0.3, -0.25) is 4.57 Å². The van der Waals surface area contributed by atoms with Crippen LogP contribution < -0.4 is 4.89 Å². The molecule has 0 aliphatic rings. The van der Waals surface area contributed by atoms with Crippen molar-refractivity contribution in [3.63, 3.8) is 0 Å². The van der Waals surface area contributed by atoms with Gasteiger partial charge in [0.05, 0.1) is 27.3 Å². The molecule has 0 rings (SSSR count). The molecule has 0 aromatic heterocycles. The summed E-state index contributed by atoms with van der Waals surface area (Å²) in [6.45, 7) is 1.79. The Morgan fingerprint density at radius 2 is 1.44 bits per heavy atom. The monoisotopic (exact) mass is 259 g/mol. The first-order valence-corrected chi connectivity index (χ1v) is 6.17. The van der Waals surface area contributed by atoms with Crippen LogP contribution in [0.25, 0.3) is 0 Å². The van der Waals surface area contributed by atoms with Crippen LogP contribution in [0.4, 0.5) is 0 Å². The van der Waals surface area contributed by atoms with Crippen LogP contribution in [0, 0.1) is 0 Å². The van der Waals surface area contributed by atoms with Crippen LogP contribution in [0.2, 0.25) is 0 Å². The lowest BCUT2D eigenvalue weighted by molar-refractivity contribution is -0.890. The molecule has 0 bridgehead atoms. The molecule has 7 nitrogen and oxygen atoms in total. The van der Waals surface area contributed by atoms with E-state index in [1.807, 2.05) is 14.1 Å². The third-order valence-electron chi connectivity index (χ3n) is 1.86. The van der Waals surface area contributed by atoms with E-state index < -0.39 is 7.82 Å². The lowest BCUT2D eigenvalue weighted by atomic mass is 10.4. The summed E-state index contributed by atoms with van der Waals surface area (Å²) in [6.07, 6.45) is 0. The van der Waals surface area contributed by atoms with Crippen molar-refractivity contribution in [2.24, 2.45) is 0 Å². The molecule has 0 saturated heterocycles. The summed E-state index contributed by atoms with van der Waals surface area (Å²) in [7, 11) is 2.13. The quantitative estimate of drug-likeness (QED) is 0.459. The lowest BCUT2D eigenvalue weighted by Crippen LogP contribution is -2.43. The van der Waals surface area contributed by atoms with E-state index in [4.69, 9.17) is 10.2 Å². The minimum atomic E-state index is -3.90. The van der Waals surface area contributed by atoms with E-state index in [0.717, 1.165) is 14.2 Å². The zero-order valence-electron chi connectivity index (χ0n) is 10.3. The van der Waals surface area contributed by atoms with Gasteiger partial charge in [-0.05, 0) is 0 Å². The van der Waals surface area contributed by atoms with Crippen molar-refractivity contribution < 1.29 is 33.2 Å². The smallest absolute Gasteiger partial charge is 0.267 e. The number of phosphoric ester groups is 1. The van der Waals surface area contributed by atoms with Crippen molar-refractivity contribution in [2.45, 2.75) is 0 Å². The minimum absolute atomic E-state index is 0.188. The second-order valence-corrected chi connectivity index (χ2v) is 5.27. The Morgan fingerprint density at radius 1 is 1.12 bits per heavy atom. The average Bonchev–Trinajstić information content (AvgIpc) is 2.18. The zero-order valence-corrected chi connectivity index (χ0v) is 11.1. The Labute approximate surface area is 96.4 Å². The number of hydrogen-bond donors (Lipinski definition) is 2. The van der Waals surface area contributed by atoms with Gasteiger partial charge in [0.15, 0.2) is 0 Å². The molecule has 2 N–H and O–H groups in total. The summed E-state index contributed by atoms with van der Waals surface area (Å²) >= 11 is 0. The van der Waals surface area contributed by atoms with Crippen molar-refractivity contribution in [3.8, 4) is 0 Å². The Bertz CT molecular complexity index is 195. The molecule has 0 aliphatic heterocycles. The molecule has 0 aromatic carbocycles. The lowest BCUT2D eigenvalue weighted by Gasteiger charge is -2.27. The maximum Gasteiger partial charge on any atom is 0.267 e. The van der Waals surface area contributed by atoms with Gasteiger partial charge in [0.2, 0.25) is 0 Å². The fourth-order valence-corrected chi connectivity index (χ4v) is 0.877. The van der Waals surface area contributed by atoms with Crippen molar-refractivity contribution in [2.75, 3.05) is 54.6 Å². The average molecular weight is 259 g/mol. The van der Waals surface area contributed by atoms with Crippen molar-refractivity contribution in [1.29, 1.82) is 0 Å². The highest BCUT2D eigenvalue weighted by Gasteiger charge is 2.11. The summed E-state index contributed by atoms with van der Waals surface area (Å²) in [5.41, 5.74) is 0. The summed E-state index contributed by atoms with van der Waals surface area (Å²) < 4.78 is 18.4. The first-order chi connectivity index (χ1) is 7.24. The number of nitrogens with zero attached hydrogens (tertiary/aromatic N) is 1. The normalized spacial score (nSPS) is 11.9. The fourth-order valence-electron chi connectivity index (χ4n) is 0.728. The Morgan fingerprint density at radius 3 is 1.56 bits per heavy atom. The first kappa shape index (κ1) is 18.4. The molecular weight excluding hydrogens is 237 g/mol. The molecular formula is C8H22NO6P. The molecule has 0 heterocycles. The molecule has 0 atom stereocenters. The Hall–Kier alpha value is -0.0100. The van der Waals surface area contributed by atoms with E-state index in [-0.39, 0.29) is 13.2 Å². The zero-order chi connectivity index (χ0) is 13.2. The molecule has 0 aromatic rings. The third-order valence-corrected chi connectivity index (χ3v) is 2.75. The second-order valence-electron chi connectivity index (χ2n) is 3.64. The summed E-state index contributed by atoms with van der Waals surface area (Å²) in [6, 6.07) is 0. The molecule has 100 valence electrons. The number of phosphoric acid groups is 1. The van der Waals surface area contributed by atoms with Crippen LogP contribution in [0.3, 0.4) is 0 Å². The summed E-state index contributed by atoms with van der Waals surface area (Å²) in [4.78, 5) is 9.95. The Balaban J connectivity index is 0. The van der Waals surface area contributed by atoms with Gasteiger partial charge < -0.3 is 28.6 Å². The van der Waals surface area contributed by atoms with Gasteiger partial charge in [-0.1, -0.05) is 0 Å². The summed E-state index contributed by atoms with van der Waals surface area (Å²) in [5.74, 6) is 0. The highest BCUT2D eigenvalue weighted by molar-refractivity contribution is 7.45. The van der Waals surface area contributed by atoms with Crippen LogP contribution >= 0.6 is 7.82 Å². The second kappa shape index (κ2) is 9.07. The van der Waals surface area contributed by atoms with Crippen LogP contribution in [0.15, 0.2) is 0 Å². The number of rotatable bonds is 6. The highest BCUT2D eigenvalue weighted by atomic mass is 31.2. The maximum absolute atomic E-state index is 9.95. The standard InChI is InChI=1S/C6H16NO2.C2H7O4P/c1-7(2,3-5-8)4-6-9;1-5-7(3,4)6-2/h8-9H,3-6H2,1-2H3;1-2H3,(H,3,4)/q+1;/p-1. The van der Waals surface area contributed by atoms with Gasteiger partial charge in [-0.15, -0.1) is 0 Å². The SMILES string of the molecule is COP(=O)([O-])OC.C[N+](C)(CCO)CCO. The fraction of sp³-hybridized carbons (Fsp3) is 1.00. The van der Waals surface area contributed by atoms with E-state index in [2.05, 4.69) is 9.05 Å². The molecule has 16 heavy (non-hydrogen) atoms. The molecule has 0 aliphatic carbocycles. The highest BCUT2D eigenvalue weighted by Crippen LogP contribution is 2.34. The van der Waals surface area contributed by atoms with Crippen molar-refractivity contribution in [3.05, 3.63) is 0 Å². The van der Waals surface area contributed by atoms with Crippen molar-refractivity contribution in [1.82, 2.24) is 0 Å². The van der Waals surface area contributed by atoms with Gasteiger partial charge >= 0.3 is 0 Å². The van der Waals surface area contributed by atoms with Gasteiger partial charge in [-0.25, -0.2) is 0 Å². The maximum atomic E-state index is 9.95. The van der Waals surface area contributed by atoms with E-state index in [9.17, 15) is 9.46 Å². The van der Waals surface area contributed by atoms with Crippen LogP contribution in [-0.2, 0) is 13.6 Å². The number of likely N-dealkylation sites (N-methyl/N-ethyl adjacent to an activating group) is 1. The molecule has 8 heteroatoms. The predicted octanol–water partition coefficient (Wildman–Crippen LogP) is -1.20. The third kappa shape index (κ3) is 12.1. The van der Waals surface area contributed by atoms with E-state index >= 15 is 0 Å². The van der Waals surface area contributed by atoms with Gasteiger partial charge in [0, 0.05) is 14.2 Å². The van der Waals surface area contributed by atoms with E-state index in [1.165, 1.54) is 0 Å². The summed E-state index contributed by atoms with van der Waals surface area (Å²) in [5, 5.41) is 17.1. The van der Waals surface area contributed by atoms with Crippen LogP contribution in [0.1, 0.15) is 0 Å². The van der Waals surface area contributed by atoms with Gasteiger partial charge in [-0.2, -0.15) is 0 Å². The number of quaternary nitrogens is 1. The molecule has 0 unspecified atom stereocenters. The van der Waals surface area contributed by atoms with E-state index in [1.54, 1.807) is 0 Å². The number of aliphatic hydroxyl groups is 2. The van der Waals surface area contributed by atoms with Crippen LogP contribution in [-0.4, -0.2) is 69.3 Å². The van der Waals surface area contributed by atoms with Gasteiger partial charge in [0.25, 0.3) is 7.82 Å². The number of hydrogen-bond acceptors (Lipinski definition) is 6. The van der Waals surface area contributed by atoms with Crippen LogP contribution in [0.5, 0.6) is 0 Å².